The Labute approximate surface area is 188 Å². The minimum atomic E-state index is -3.35. The number of fused-ring (bicyclic) bond motifs is 2. The van der Waals surface area contributed by atoms with Gasteiger partial charge in [0, 0.05) is 23.9 Å². The first-order valence-corrected chi connectivity index (χ1v) is 12.2. The van der Waals surface area contributed by atoms with E-state index in [1.807, 2.05) is 42.5 Å². The van der Waals surface area contributed by atoms with E-state index in [-0.39, 0.29) is 5.91 Å². The minimum Gasteiger partial charge on any atom is -0.326 e. The van der Waals surface area contributed by atoms with E-state index in [9.17, 15) is 13.2 Å². The molecule has 1 aliphatic rings. The fourth-order valence-corrected chi connectivity index (χ4v) is 4.49. The van der Waals surface area contributed by atoms with Gasteiger partial charge >= 0.3 is 0 Å². The summed E-state index contributed by atoms with van der Waals surface area (Å²) in [6.45, 7) is 1.50. The molecule has 4 rings (SSSR count). The second-order valence-corrected chi connectivity index (χ2v) is 9.62. The summed E-state index contributed by atoms with van der Waals surface area (Å²) in [4.78, 5) is 11.5. The number of anilines is 2. The van der Waals surface area contributed by atoms with Crippen molar-refractivity contribution in [2.75, 3.05) is 16.3 Å². The van der Waals surface area contributed by atoms with E-state index in [4.69, 9.17) is 0 Å². The first-order valence-electron chi connectivity index (χ1n) is 10.3. The Morgan fingerprint density at radius 2 is 1.66 bits per heavy atom. The van der Waals surface area contributed by atoms with E-state index in [2.05, 4.69) is 27.9 Å². The smallest absolute Gasteiger partial charge is 0.229 e. The summed E-state index contributed by atoms with van der Waals surface area (Å²) in [6, 6.07) is 21.5. The predicted octanol–water partition coefficient (Wildman–Crippen LogP) is 4.86. The highest BCUT2D eigenvalue weighted by Crippen LogP contribution is 2.34. The second-order valence-electron chi connectivity index (χ2n) is 7.87. The minimum absolute atomic E-state index is 0.0971. The van der Waals surface area contributed by atoms with Crippen molar-refractivity contribution >= 4 is 39.0 Å². The third-order valence-corrected chi connectivity index (χ3v) is 5.82. The van der Waals surface area contributed by atoms with Crippen molar-refractivity contribution < 1.29 is 13.2 Å². The molecule has 0 aromatic heterocycles. The van der Waals surface area contributed by atoms with E-state index in [1.165, 1.54) is 12.5 Å². The first kappa shape index (κ1) is 21.6. The van der Waals surface area contributed by atoms with Crippen LogP contribution in [-0.4, -0.2) is 20.6 Å². The van der Waals surface area contributed by atoms with Gasteiger partial charge in [0.1, 0.15) is 0 Å². The van der Waals surface area contributed by atoms with Crippen LogP contribution in [0.15, 0.2) is 72.5 Å². The summed E-state index contributed by atoms with van der Waals surface area (Å²) >= 11 is 0. The molecular formula is C26H24N2O3S. The summed E-state index contributed by atoms with van der Waals surface area (Å²) in [6.07, 6.45) is 4.76. The van der Waals surface area contributed by atoms with Gasteiger partial charge in [0.15, 0.2) is 0 Å². The monoisotopic (exact) mass is 444 g/mol. The highest BCUT2D eigenvalue weighted by Gasteiger charge is 2.18. The summed E-state index contributed by atoms with van der Waals surface area (Å²) in [5.74, 6) is -0.0971. The lowest BCUT2D eigenvalue weighted by Crippen LogP contribution is -2.09. The Hall–Kier alpha value is -3.60. The van der Waals surface area contributed by atoms with Crippen molar-refractivity contribution in [3.8, 4) is 0 Å². The zero-order chi connectivity index (χ0) is 22.7. The van der Waals surface area contributed by atoms with Crippen molar-refractivity contribution in [1.82, 2.24) is 0 Å². The van der Waals surface area contributed by atoms with Gasteiger partial charge in [0.2, 0.25) is 15.9 Å². The molecule has 1 amide bonds. The van der Waals surface area contributed by atoms with E-state index < -0.39 is 10.0 Å². The van der Waals surface area contributed by atoms with Crippen LogP contribution in [0.2, 0.25) is 0 Å². The van der Waals surface area contributed by atoms with Crippen LogP contribution in [0.1, 0.15) is 34.7 Å². The van der Waals surface area contributed by atoms with Crippen LogP contribution >= 0.6 is 0 Å². The molecule has 0 spiro atoms. The molecule has 0 fully saturated rings. The number of carbonyl (C=O) groups excluding carboxylic acids is 1. The van der Waals surface area contributed by atoms with Gasteiger partial charge in [-0.1, -0.05) is 42.5 Å². The van der Waals surface area contributed by atoms with Crippen LogP contribution in [0.3, 0.4) is 0 Å². The van der Waals surface area contributed by atoms with Gasteiger partial charge in [0.05, 0.1) is 6.26 Å². The molecule has 0 bridgehead atoms. The van der Waals surface area contributed by atoms with Crippen LogP contribution in [0.25, 0.3) is 11.6 Å². The fourth-order valence-electron chi connectivity index (χ4n) is 3.94. The van der Waals surface area contributed by atoms with Gasteiger partial charge in [-0.2, -0.15) is 0 Å². The lowest BCUT2D eigenvalue weighted by atomic mass is 9.94. The second kappa shape index (κ2) is 8.87. The van der Waals surface area contributed by atoms with Gasteiger partial charge in [-0.05, 0) is 71.0 Å². The van der Waals surface area contributed by atoms with E-state index in [1.54, 1.807) is 18.2 Å². The quantitative estimate of drug-likeness (QED) is 0.565. The van der Waals surface area contributed by atoms with Crippen LogP contribution < -0.4 is 10.0 Å². The maximum Gasteiger partial charge on any atom is 0.229 e. The molecule has 3 aromatic rings. The van der Waals surface area contributed by atoms with Crippen molar-refractivity contribution in [1.29, 1.82) is 0 Å². The van der Waals surface area contributed by atoms with Crippen molar-refractivity contribution in [3.05, 3.63) is 100 Å². The fraction of sp³-hybridized carbons (Fsp3) is 0.154. The molecule has 3 aromatic carbocycles. The predicted molar refractivity (Wildman–Crippen MR) is 130 cm³/mol. The Morgan fingerprint density at radius 3 is 2.44 bits per heavy atom. The zero-order valence-corrected chi connectivity index (χ0v) is 18.8. The van der Waals surface area contributed by atoms with Crippen LogP contribution in [0.4, 0.5) is 11.4 Å². The summed E-state index contributed by atoms with van der Waals surface area (Å²) in [7, 11) is -3.35. The molecule has 2 N–H and O–H groups in total. The number of sulfonamides is 1. The average molecular weight is 445 g/mol. The zero-order valence-electron chi connectivity index (χ0n) is 18.0. The summed E-state index contributed by atoms with van der Waals surface area (Å²) in [5.41, 5.74) is 11.2. The van der Waals surface area contributed by atoms with E-state index in [0.717, 1.165) is 52.6 Å². The summed E-state index contributed by atoms with van der Waals surface area (Å²) in [5, 5.41) is 2.86. The maximum atomic E-state index is 11.6. The first-order chi connectivity index (χ1) is 15.3. The van der Waals surface area contributed by atoms with Crippen LogP contribution in [0, 0.1) is 0 Å². The molecule has 6 heteroatoms. The highest BCUT2D eigenvalue weighted by atomic mass is 32.2. The van der Waals surface area contributed by atoms with Gasteiger partial charge in [-0.25, -0.2) is 8.42 Å². The Morgan fingerprint density at radius 1 is 0.906 bits per heavy atom. The molecule has 0 heterocycles. The molecule has 0 unspecified atom stereocenters. The van der Waals surface area contributed by atoms with E-state index in [0.29, 0.717) is 5.69 Å². The van der Waals surface area contributed by atoms with Gasteiger partial charge in [-0.15, -0.1) is 5.73 Å². The topological polar surface area (TPSA) is 75.3 Å². The third-order valence-electron chi connectivity index (χ3n) is 5.22. The third kappa shape index (κ3) is 5.17. The molecule has 0 saturated heterocycles. The Kier molecular flexibility index (Phi) is 5.99. The molecule has 0 atom stereocenters. The van der Waals surface area contributed by atoms with Crippen LogP contribution in [0.5, 0.6) is 0 Å². The number of aryl methyl sites for hydroxylation is 2. The summed E-state index contributed by atoms with van der Waals surface area (Å²) < 4.78 is 25.6. The normalized spacial score (nSPS) is 12.6. The number of amides is 1. The maximum absolute atomic E-state index is 11.6. The number of hydrogen-bond acceptors (Lipinski definition) is 3. The molecule has 1 aliphatic carbocycles. The van der Waals surface area contributed by atoms with Gasteiger partial charge in [0.25, 0.3) is 0 Å². The molecule has 5 nitrogen and oxygen atoms in total. The standard InChI is InChI=1S/C26H24N2O3S/c1-18(29)27-22-13-15-25-21(17-22)12-11-20-7-3-4-9-24(20)26(25)14-10-19-6-5-8-23(16-19)28-32(2,30)31/h3-10,13,15-17,28H,11-12H2,1-2H3,(H,27,29). The molecule has 0 aliphatic heterocycles. The number of hydrogen-bond donors (Lipinski definition) is 2. The average Bonchev–Trinajstić information content (AvgIpc) is 2.87. The molecule has 0 saturated carbocycles. The van der Waals surface area contributed by atoms with Crippen molar-refractivity contribution in [2.45, 2.75) is 19.8 Å². The SMILES string of the molecule is CC(=O)Nc1ccc2c(c1)CCc1ccccc1C2=C=Cc1cccc(NS(C)(=O)=O)c1. The molecule has 0 radical (unpaired) electrons. The number of rotatable bonds is 4. The van der Waals surface area contributed by atoms with Crippen LogP contribution in [-0.2, 0) is 27.7 Å². The van der Waals surface area contributed by atoms with Crippen molar-refractivity contribution in [3.63, 3.8) is 0 Å². The number of carbonyl (C=O) groups is 1. The Balaban J connectivity index is 1.83. The van der Waals surface area contributed by atoms with Gasteiger partial charge in [-0.3, -0.25) is 9.52 Å². The van der Waals surface area contributed by atoms with Gasteiger partial charge < -0.3 is 5.32 Å². The van der Waals surface area contributed by atoms with Crippen molar-refractivity contribution in [2.24, 2.45) is 0 Å². The number of benzene rings is 3. The molecular weight excluding hydrogens is 420 g/mol. The molecule has 32 heavy (non-hydrogen) atoms. The Bertz CT molecular complexity index is 1370. The lowest BCUT2D eigenvalue weighted by molar-refractivity contribution is -0.114. The van der Waals surface area contributed by atoms with E-state index >= 15 is 0 Å². The lowest BCUT2D eigenvalue weighted by Gasteiger charge is -2.11. The number of nitrogens with one attached hydrogen (secondary N) is 2. The largest absolute Gasteiger partial charge is 0.326 e. The molecule has 162 valence electrons. The highest BCUT2D eigenvalue weighted by molar-refractivity contribution is 7.92.